The van der Waals surface area contributed by atoms with Crippen LogP contribution in [-0.2, 0) is 11.3 Å². The van der Waals surface area contributed by atoms with Crippen LogP contribution in [0.25, 0.3) is 0 Å². The molecule has 0 aromatic heterocycles. The van der Waals surface area contributed by atoms with Gasteiger partial charge in [0.15, 0.2) is 0 Å². The van der Waals surface area contributed by atoms with E-state index >= 15 is 0 Å². The van der Waals surface area contributed by atoms with E-state index in [2.05, 4.69) is 35.8 Å². The van der Waals surface area contributed by atoms with E-state index < -0.39 is 5.97 Å². The smallest absolute Gasteiger partial charge is 0.339 e. The summed E-state index contributed by atoms with van der Waals surface area (Å²) in [5, 5.41) is 3.66. The second-order valence-electron chi connectivity index (χ2n) is 4.39. The fraction of sp³-hybridized carbons (Fsp3) is 0.188. The molecule has 110 valence electrons. The van der Waals surface area contributed by atoms with E-state index in [1.54, 1.807) is 23.9 Å². The first-order valence-corrected chi connectivity index (χ1v) is 7.99. The highest BCUT2D eigenvalue weighted by atomic mass is 35.5. The van der Waals surface area contributed by atoms with E-state index in [1.165, 1.54) is 17.6 Å². The average Bonchev–Trinajstić information content (AvgIpc) is 2.53. The Bertz CT molecular complexity index is 629. The maximum Gasteiger partial charge on any atom is 0.339 e. The number of benzene rings is 2. The van der Waals surface area contributed by atoms with Gasteiger partial charge in [0, 0.05) is 17.1 Å². The predicted molar refractivity (Wildman–Crippen MR) is 88.3 cm³/mol. The van der Waals surface area contributed by atoms with Gasteiger partial charge in [-0.1, -0.05) is 23.7 Å². The number of thioether (sulfide) groups is 1. The van der Waals surface area contributed by atoms with Crippen LogP contribution in [0.5, 0.6) is 0 Å². The molecule has 0 radical (unpaired) electrons. The lowest BCUT2D eigenvalue weighted by atomic mass is 10.2. The minimum Gasteiger partial charge on any atom is -0.465 e. The molecule has 0 unspecified atom stereocenters. The van der Waals surface area contributed by atoms with Gasteiger partial charge < -0.3 is 10.1 Å². The van der Waals surface area contributed by atoms with Crippen molar-refractivity contribution in [2.24, 2.45) is 0 Å². The molecule has 0 saturated carbocycles. The van der Waals surface area contributed by atoms with Crippen LogP contribution in [-0.4, -0.2) is 19.3 Å². The molecule has 0 aliphatic heterocycles. The van der Waals surface area contributed by atoms with Crippen molar-refractivity contribution < 1.29 is 9.53 Å². The van der Waals surface area contributed by atoms with Gasteiger partial charge in [-0.3, -0.25) is 0 Å². The predicted octanol–water partition coefficient (Wildman–Crippen LogP) is 4.46. The molecule has 0 spiro atoms. The fourth-order valence-corrected chi connectivity index (χ4v) is 2.45. The zero-order valence-corrected chi connectivity index (χ0v) is 13.4. The number of rotatable bonds is 5. The van der Waals surface area contributed by atoms with Crippen molar-refractivity contribution in [2.45, 2.75) is 11.4 Å². The van der Waals surface area contributed by atoms with Gasteiger partial charge in [-0.15, -0.1) is 11.8 Å². The number of ether oxygens (including phenoxy) is 1. The van der Waals surface area contributed by atoms with Gasteiger partial charge in [-0.05, 0) is 42.2 Å². The van der Waals surface area contributed by atoms with E-state index in [4.69, 9.17) is 16.3 Å². The summed E-state index contributed by atoms with van der Waals surface area (Å²) in [5.74, 6) is -0.437. The molecule has 0 atom stereocenters. The van der Waals surface area contributed by atoms with Crippen molar-refractivity contribution >= 4 is 35.0 Å². The number of anilines is 1. The van der Waals surface area contributed by atoms with Crippen molar-refractivity contribution in [3.8, 4) is 0 Å². The molecular weight excluding hydrogens is 306 g/mol. The lowest BCUT2D eigenvalue weighted by molar-refractivity contribution is 0.0601. The van der Waals surface area contributed by atoms with Crippen molar-refractivity contribution in [1.29, 1.82) is 0 Å². The summed E-state index contributed by atoms with van der Waals surface area (Å²) in [6, 6.07) is 13.6. The number of nitrogens with one attached hydrogen (secondary N) is 1. The normalized spacial score (nSPS) is 10.2. The highest BCUT2D eigenvalue weighted by Crippen LogP contribution is 2.22. The average molecular weight is 322 g/mol. The maximum absolute atomic E-state index is 11.6. The number of carbonyl (C=O) groups is 1. The Morgan fingerprint density at radius 3 is 2.57 bits per heavy atom. The number of carbonyl (C=O) groups excluding carboxylic acids is 1. The zero-order chi connectivity index (χ0) is 15.2. The summed E-state index contributed by atoms with van der Waals surface area (Å²) < 4.78 is 4.71. The van der Waals surface area contributed by atoms with Gasteiger partial charge >= 0.3 is 5.97 Å². The van der Waals surface area contributed by atoms with E-state index in [-0.39, 0.29) is 0 Å². The number of hydrogen-bond donors (Lipinski definition) is 1. The molecule has 0 fully saturated rings. The maximum atomic E-state index is 11.6. The van der Waals surface area contributed by atoms with Gasteiger partial charge in [-0.2, -0.15) is 0 Å². The second-order valence-corrected chi connectivity index (χ2v) is 5.67. The van der Waals surface area contributed by atoms with Gasteiger partial charge in [0.25, 0.3) is 0 Å². The third-order valence-corrected chi connectivity index (χ3v) is 4.10. The van der Waals surface area contributed by atoms with Crippen LogP contribution in [0.4, 0.5) is 5.69 Å². The highest BCUT2D eigenvalue weighted by molar-refractivity contribution is 7.98. The summed E-state index contributed by atoms with van der Waals surface area (Å²) in [6.45, 7) is 0.677. The fourth-order valence-electron chi connectivity index (χ4n) is 1.85. The van der Waals surface area contributed by atoms with E-state index in [0.717, 1.165) is 5.69 Å². The lowest BCUT2D eigenvalue weighted by Crippen LogP contribution is -2.05. The molecule has 0 aliphatic rings. The topological polar surface area (TPSA) is 38.3 Å². The number of halogens is 1. The number of hydrogen-bond acceptors (Lipinski definition) is 4. The summed E-state index contributed by atoms with van der Waals surface area (Å²) in [6.07, 6.45) is 2.05. The zero-order valence-electron chi connectivity index (χ0n) is 11.9. The van der Waals surface area contributed by atoms with Crippen molar-refractivity contribution in [1.82, 2.24) is 0 Å². The van der Waals surface area contributed by atoms with Crippen molar-refractivity contribution in [3.63, 3.8) is 0 Å². The quantitative estimate of drug-likeness (QED) is 0.651. The Morgan fingerprint density at radius 1 is 1.24 bits per heavy atom. The van der Waals surface area contributed by atoms with E-state index in [9.17, 15) is 4.79 Å². The Balaban J connectivity index is 2.07. The van der Waals surface area contributed by atoms with Gasteiger partial charge in [0.1, 0.15) is 0 Å². The highest BCUT2D eigenvalue weighted by Gasteiger charge is 2.11. The van der Waals surface area contributed by atoms with Crippen LogP contribution in [0.2, 0.25) is 5.02 Å². The van der Waals surface area contributed by atoms with Gasteiger partial charge in [0.05, 0.1) is 17.7 Å². The molecule has 2 aromatic rings. The van der Waals surface area contributed by atoms with Gasteiger partial charge in [-0.25, -0.2) is 4.79 Å². The minimum absolute atomic E-state index is 0.363. The van der Waals surface area contributed by atoms with Crippen LogP contribution in [0, 0.1) is 0 Å². The first kappa shape index (κ1) is 15.7. The Labute approximate surface area is 133 Å². The Morgan fingerprint density at radius 2 is 1.95 bits per heavy atom. The first-order chi connectivity index (χ1) is 10.1. The Hall–Kier alpha value is -1.65. The van der Waals surface area contributed by atoms with Crippen LogP contribution in [0.1, 0.15) is 15.9 Å². The van der Waals surface area contributed by atoms with Crippen LogP contribution in [0.15, 0.2) is 47.4 Å². The summed E-state index contributed by atoms with van der Waals surface area (Å²) in [4.78, 5) is 12.8. The second kappa shape index (κ2) is 7.38. The molecular formula is C16H16ClNO2S. The molecule has 5 heteroatoms. The lowest BCUT2D eigenvalue weighted by Gasteiger charge is -2.09. The van der Waals surface area contributed by atoms with E-state index in [1.807, 2.05) is 6.07 Å². The van der Waals surface area contributed by atoms with Crippen LogP contribution >= 0.6 is 23.4 Å². The number of methoxy groups -OCH3 is 1. The summed E-state index contributed by atoms with van der Waals surface area (Å²) >= 11 is 7.70. The van der Waals surface area contributed by atoms with Crippen LogP contribution < -0.4 is 5.32 Å². The molecule has 0 bridgehead atoms. The number of esters is 1. The van der Waals surface area contributed by atoms with E-state index in [0.29, 0.717) is 17.1 Å². The van der Waals surface area contributed by atoms with Crippen molar-refractivity contribution in [3.05, 3.63) is 58.6 Å². The standard InChI is InChI=1S/C16H16ClNO2S/c1-20-16(19)14-9-12(5-8-15(14)17)18-10-11-3-6-13(21-2)7-4-11/h3-9,18H,10H2,1-2H3. The molecule has 2 rings (SSSR count). The molecule has 21 heavy (non-hydrogen) atoms. The molecule has 0 heterocycles. The molecule has 2 aromatic carbocycles. The minimum atomic E-state index is -0.437. The third-order valence-electron chi connectivity index (χ3n) is 3.03. The summed E-state index contributed by atoms with van der Waals surface area (Å²) in [5.41, 5.74) is 2.36. The first-order valence-electron chi connectivity index (χ1n) is 6.38. The molecule has 0 saturated heterocycles. The monoisotopic (exact) mass is 321 g/mol. The molecule has 3 nitrogen and oxygen atoms in total. The molecule has 0 amide bonds. The SMILES string of the molecule is COC(=O)c1cc(NCc2ccc(SC)cc2)ccc1Cl. The largest absolute Gasteiger partial charge is 0.465 e. The van der Waals surface area contributed by atoms with Crippen LogP contribution in [0.3, 0.4) is 0 Å². The molecule has 0 aliphatic carbocycles. The Kier molecular flexibility index (Phi) is 5.53. The third kappa shape index (κ3) is 4.16. The molecule has 1 N–H and O–H groups in total. The van der Waals surface area contributed by atoms with Crippen molar-refractivity contribution in [2.75, 3.05) is 18.7 Å². The summed E-state index contributed by atoms with van der Waals surface area (Å²) in [7, 11) is 1.34. The van der Waals surface area contributed by atoms with Gasteiger partial charge in [0.2, 0.25) is 0 Å².